The standard InChI is InChI=1S/C18H22N4O2S.ClH/c1-22(2)25(23,24)17-9-5-15(6-10-17)13-14-3-7-16(8-4-14)21-18-19-11-12-20-18;/h3-10H,11-13H2,1-2H3,(H2,19,20,21);1H. The molecule has 2 aromatic rings. The Hall–Kier alpha value is -2.09. The van der Waals surface area contributed by atoms with Gasteiger partial charge in [0.2, 0.25) is 10.0 Å². The lowest BCUT2D eigenvalue weighted by Gasteiger charge is -2.12. The predicted molar refractivity (Wildman–Crippen MR) is 108 cm³/mol. The van der Waals surface area contributed by atoms with Crippen LogP contribution in [0.5, 0.6) is 0 Å². The second-order valence-corrected chi connectivity index (χ2v) is 8.24. The number of guanidine groups is 1. The average Bonchev–Trinajstić information content (AvgIpc) is 3.10. The van der Waals surface area contributed by atoms with Crippen molar-refractivity contribution in [3.8, 4) is 0 Å². The van der Waals surface area contributed by atoms with Crippen LogP contribution in [-0.2, 0) is 16.4 Å². The van der Waals surface area contributed by atoms with Gasteiger partial charge in [-0.3, -0.25) is 4.99 Å². The Balaban J connectivity index is 0.00000243. The molecule has 1 aliphatic rings. The summed E-state index contributed by atoms with van der Waals surface area (Å²) in [5, 5.41) is 6.41. The van der Waals surface area contributed by atoms with E-state index < -0.39 is 10.0 Å². The summed E-state index contributed by atoms with van der Waals surface area (Å²) in [7, 11) is -0.309. The van der Waals surface area contributed by atoms with Crippen LogP contribution in [-0.4, -0.2) is 45.9 Å². The third-order valence-electron chi connectivity index (χ3n) is 4.00. The molecule has 0 unspecified atom stereocenters. The summed E-state index contributed by atoms with van der Waals surface area (Å²) in [5.41, 5.74) is 3.22. The van der Waals surface area contributed by atoms with Crippen LogP contribution in [0.25, 0.3) is 0 Å². The zero-order valence-electron chi connectivity index (χ0n) is 14.8. The smallest absolute Gasteiger partial charge is 0.242 e. The molecule has 2 aromatic carbocycles. The van der Waals surface area contributed by atoms with Crippen molar-refractivity contribution in [2.75, 3.05) is 32.5 Å². The van der Waals surface area contributed by atoms with Crippen LogP contribution >= 0.6 is 12.4 Å². The Morgan fingerprint density at radius 3 is 2.12 bits per heavy atom. The monoisotopic (exact) mass is 394 g/mol. The Kier molecular flexibility index (Phi) is 6.63. The first-order valence-corrected chi connectivity index (χ1v) is 9.55. The number of rotatable bonds is 5. The van der Waals surface area contributed by atoms with Gasteiger partial charge < -0.3 is 10.6 Å². The SMILES string of the molecule is CN(C)S(=O)(=O)c1ccc(Cc2ccc(NC3=NCCN3)cc2)cc1.Cl. The fourth-order valence-electron chi connectivity index (χ4n) is 2.55. The molecular formula is C18H23ClN4O2S. The van der Waals surface area contributed by atoms with Crippen molar-refractivity contribution < 1.29 is 8.42 Å². The predicted octanol–water partition coefficient (Wildman–Crippen LogP) is 2.32. The number of nitrogens with one attached hydrogen (secondary N) is 2. The lowest BCUT2D eigenvalue weighted by atomic mass is 10.0. The summed E-state index contributed by atoms with van der Waals surface area (Å²) in [5.74, 6) is 0.811. The van der Waals surface area contributed by atoms with E-state index in [-0.39, 0.29) is 12.4 Å². The third kappa shape index (κ3) is 4.75. The van der Waals surface area contributed by atoms with Crippen molar-refractivity contribution in [3.05, 3.63) is 59.7 Å². The van der Waals surface area contributed by atoms with Crippen molar-refractivity contribution >= 4 is 34.1 Å². The molecule has 140 valence electrons. The summed E-state index contributed by atoms with van der Waals surface area (Å²) in [6.45, 7) is 1.68. The molecule has 0 aromatic heterocycles. The summed E-state index contributed by atoms with van der Waals surface area (Å²) in [4.78, 5) is 4.61. The third-order valence-corrected chi connectivity index (χ3v) is 5.83. The molecule has 0 bridgehead atoms. The maximum absolute atomic E-state index is 12.1. The summed E-state index contributed by atoms with van der Waals surface area (Å²) < 4.78 is 25.4. The lowest BCUT2D eigenvalue weighted by molar-refractivity contribution is 0.520. The van der Waals surface area contributed by atoms with Gasteiger partial charge >= 0.3 is 0 Å². The molecule has 0 saturated heterocycles. The van der Waals surface area contributed by atoms with Crippen LogP contribution in [0.2, 0.25) is 0 Å². The van der Waals surface area contributed by atoms with Gasteiger partial charge in [0.25, 0.3) is 0 Å². The van der Waals surface area contributed by atoms with Gasteiger partial charge in [-0.25, -0.2) is 12.7 Å². The van der Waals surface area contributed by atoms with Crippen molar-refractivity contribution in [1.29, 1.82) is 0 Å². The molecule has 0 saturated carbocycles. The minimum atomic E-state index is -3.38. The zero-order chi connectivity index (χ0) is 17.9. The van der Waals surface area contributed by atoms with E-state index in [1.165, 1.54) is 18.4 Å². The zero-order valence-corrected chi connectivity index (χ0v) is 16.4. The minimum absolute atomic E-state index is 0. The van der Waals surface area contributed by atoms with Crippen LogP contribution in [0.1, 0.15) is 11.1 Å². The van der Waals surface area contributed by atoms with Gasteiger partial charge in [0.1, 0.15) is 0 Å². The summed E-state index contributed by atoms with van der Waals surface area (Å²) >= 11 is 0. The molecule has 0 amide bonds. The Morgan fingerprint density at radius 2 is 1.62 bits per heavy atom. The maximum Gasteiger partial charge on any atom is 0.242 e. The molecule has 0 radical (unpaired) electrons. The van der Waals surface area contributed by atoms with Gasteiger partial charge in [0, 0.05) is 26.3 Å². The van der Waals surface area contributed by atoms with E-state index in [0.717, 1.165) is 42.3 Å². The second kappa shape index (κ2) is 8.53. The number of sulfonamides is 1. The maximum atomic E-state index is 12.1. The molecule has 0 aliphatic carbocycles. The van der Waals surface area contributed by atoms with Crippen LogP contribution < -0.4 is 10.6 Å². The van der Waals surface area contributed by atoms with Gasteiger partial charge in [0.15, 0.2) is 5.96 Å². The van der Waals surface area contributed by atoms with Crippen LogP contribution in [0.3, 0.4) is 0 Å². The van der Waals surface area contributed by atoms with Crippen molar-refractivity contribution in [1.82, 2.24) is 9.62 Å². The second-order valence-electron chi connectivity index (χ2n) is 6.09. The first-order valence-electron chi connectivity index (χ1n) is 8.11. The molecule has 26 heavy (non-hydrogen) atoms. The molecule has 0 fully saturated rings. The number of benzene rings is 2. The summed E-state index contributed by atoms with van der Waals surface area (Å²) in [6.07, 6.45) is 0.752. The topological polar surface area (TPSA) is 73.8 Å². The van der Waals surface area contributed by atoms with E-state index in [0.29, 0.717) is 4.90 Å². The summed E-state index contributed by atoms with van der Waals surface area (Å²) in [6, 6.07) is 15.2. The molecule has 0 atom stereocenters. The van der Waals surface area contributed by atoms with Gasteiger partial charge in [-0.1, -0.05) is 24.3 Å². The normalized spacial score (nSPS) is 13.7. The highest BCUT2D eigenvalue weighted by molar-refractivity contribution is 7.89. The quantitative estimate of drug-likeness (QED) is 0.816. The fourth-order valence-corrected chi connectivity index (χ4v) is 3.45. The van der Waals surface area contributed by atoms with E-state index in [2.05, 4.69) is 27.8 Å². The number of nitrogens with zero attached hydrogens (tertiary/aromatic N) is 2. The minimum Gasteiger partial charge on any atom is -0.354 e. The lowest BCUT2D eigenvalue weighted by Crippen LogP contribution is -2.26. The van der Waals surface area contributed by atoms with E-state index in [1.54, 1.807) is 12.1 Å². The van der Waals surface area contributed by atoms with Crippen LogP contribution in [0, 0.1) is 0 Å². The fraction of sp³-hybridized carbons (Fsp3) is 0.278. The van der Waals surface area contributed by atoms with Crippen LogP contribution in [0.15, 0.2) is 58.4 Å². The highest BCUT2D eigenvalue weighted by Gasteiger charge is 2.16. The van der Waals surface area contributed by atoms with E-state index in [1.807, 2.05) is 24.3 Å². The van der Waals surface area contributed by atoms with E-state index >= 15 is 0 Å². The van der Waals surface area contributed by atoms with E-state index in [9.17, 15) is 8.42 Å². The van der Waals surface area contributed by atoms with Gasteiger partial charge in [0.05, 0.1) is 11.4 Å². The molecule has 1 aliphatic heterocycles. The largest absolute Gasteiger partial charge is 0.354 e. The van der Waals surface area contributed by atoms with Gasteiger partial charge in [-0.05, 0) is 41.8 Å². The Bertz CT molecular complexity index is 863. The number of hydrogen-bond acceptors (Lipinski definition) is 5. The first kappa shape index (κ1) is 20.2. The number of hydrogen-bond donors (Lipinski definition) is 2. The number of aliphatic imine (C=N–C) groups is 1. The van der Waals surface area contributed by atoms with Gasteiger partial charge in [-0.2, -0.15) is 0 Å². The van der Waals surface area contributed by atoms with Crippen molar-refractivity contribution in [3.63, 3.8) is 0 Å². The van der Waals surface area contributed by atoms with Gasteiger partial charge in [-0.15, -0.1) is 12.4 Å². The molecule has 1 heterocycles. The number of halogens is 1. The molecule has 0 spiro atoms. The van der Waals surface area contributed by atoms with Crippen LogP contribution in [0.4, 0.5) is 5.69 Å². The highest BCUT2D eigenvalue weighted by Crippen LogP contribution is 2.17. The Labute approximate surface area is 160 Å². The molecule has 3 rings (SSSR count). The van der Waals surface area contributed by atoms with Crippen molar-refractivity contribution in [2.45, 2.75) is 11.3 Å². The average molecular weight is 395 g/mol. The van der Waals surface area contributed by atoms with Crippen molar-refractivity contribution in [2.24, 2.45) is 4.99 Å². The highest BCUT2D eigenvalue weighted by atomic mass is 35.5. The first-order chi connectivity index (χ1) is 11.9. The molecular weight excluding hydrogens is 372 g/mol. The molecule has 2 N–H and O–H groups in total. The molecule has 8 heteroatoms. The number of anilines is 1. The Morgan fingerprint density at radius 1 is 1.04 bits per heavy atom. The molecule has 6 nitrogen and oxygen atoms in total. The van der Waals surface area contributed by atoms with E-state index in [4.69, 9.17) is 0 Å².